The van der Waals surface area contributed by atoms with Crippen molar-refractivity contribution in [2.75, 3.05) is 32.7 Å². The first kappa shape index (κ1) is 23.7. The average Bonchev–Trinajstić information content (AvgIpc) is 3.03. The summed E-state index contributed by atoms with van der Waals surface area (Å²) in [6.45, 7) is 4.20. The largest absolute Gasteiger partial charge is 0.339 e. The molecule has 1 atom stereocenters. The van der Waals surface area contributed by atoms with Crippen LogP contribution >= 0.6 is 11.6 Å². The summed E-state index contributed by atoms with van der Waals surface area (Å²) < 4.78 is 0. The van der Waals surface area contributed by atoms with Crippen LogP contribution in [0.1, 0.15) is 18.1 Å². The molecule has 0 spiro atoms. The molecule has 0 radical (unpaired) electrons. The van der Waals surface area contributed by atoms with E-state index in [4.69, 9.17) is 11.6 Å². The highest BCUT2D eigenvalue weighted by molar-refractivity contribution is 6.30. The van der Waals surface area contributed by atoms with Gasteiger partial charge in [-0.3, -0.25) is 29.5 Å². The summed E-state index contributed by atoms with van der Waals surface area (Å²) in [4.78, 5) is 53.6. The number of rotatable bonds is 6. The van der Waals surface area contributed by atoms with Crippen molar-refractivity contribution in [3.05, 3.63) is 74.8 Å². The number of nitro groups is 1. The number of halogens is 1. The van der Waals surface area contributed by atoms with Gasteiger partial charge in [0.15, 0.2) is 0 Å². The van der Waals surface area contributed by atoms with E-state index >= 15 is 0 Å². The zero-order valence-corrected chi connectivity index (χ0v) is 19.3. The zero-order chi connectivity index (χ0) is 24.5. The number of hydrogen-bond acceptors (Lipinski definition) is 6. The number of benzene rings is 2. The number of nitro benzene ring substituents is 1. The number of amides is 4. The van der Waals surface area contributed by atoms with Gasteiger partial charge >= 0.3 is 6.03 Å². The van der Waals surface area contributed by atoms with E-state index in [1.54, 1.807) is 4.90 Å². The van der Waals surface area contributed by atoms with Gasteiger partial charge in [-0.1, -0.05) is 23.7 Å². The van der Waals surface area contributed by atoms with E-state index < -0.39 is 22.4 Å². The maximum atomic E-state index is 13.1. The molecule has 0 bridgehead atoms. The van der Waals surface area contributed by atoms with Crippen molar-refractivity contribution in [2.45, 2.75) is 19.0 Å². The van der Waals surface area contributed by atoms with Crippen molar-refractivity contribution >= 4 is 35.1 Å². The number of nitrogens with one attached hydrogen (secondary N) is 1. The summed E-state index contributed by atoms with van der Waals surface area (Å²) in [7, 11) is 0. The van der Waals surface area contributed by atoms with E-state index in [1.807, 2.05) is 24.3 Å². The molecule has 0 aromatic heterocycles. The van der Waals surface area contributed by atoms with E-state index in [9.17, 15) is 24.5 Å². The van der Waals surface area contributed by atoms with E-state index in [0.717, 1.165) is 17.0 Å². The molecule has 2 fully saturated rings. The summed E-state index contributed by atoms with van der Waals surface area (Å²) in [6, 6.07) is 12.4. The van der Waals surface area contributed by atoms with Crippen LogP contribution in [0.25, 0.3) is 0 Å². The smallest absolute Gasteiger partial charge is 0.325 e. The Morgan fingerprint density at radius 3 is 2.41 bits per heavy atom. The van der Waals surface area contributed by atoms with E-state index in [1.165, 1.54) is 31.2 Å². The molecule has 34 heavy (non-hydrogen) atoms. The van der Waals surface area contributed by atoms with E-state index in [-0.39, 0.29) is 18.1 Å². The maximum Gasteiger partial charge on any atom is 0.325 e. The Bertz CT molecular complexity index is 1130. The second-order valence-electron chi connectivity index (χ2n) is 8.54. The molecule has 0 aliphatic carbocycles. The number of non-ortho nitro benzene ring substituents is 1. The highest BCUT2D eigenvalue weighted by atomic mass is 35.5. The molecule has 11 heteroatoms. The highest BCUT2D eigenvalue weighted by Crippen LogP contribution is 2.30. The normalized spacial score (nSPS) is 21.0. The fraction of sp³-hybridized carbons (Fsp3) is 0.348. The lowest BCUT2D eigenvalue weighted by atomic mass is 9.92. The standard InChI is InChI=1S/C23H24ClN5O5/c1-23(17-5-7-19(8-6-17)29(33)34)21(31)28(22(32)25-23)15-20(30)27-11-9-26(10-12-27)14-16-3-2-4-18(24)13-16/h2-8,13H,9-12,14-15H2,1H3,(H,25,32). The Morgan fingerprint density at radius 2 is 1.79 bits per heavy atom. The molecule has 2 aromatic carbocycles. The number of carbonyl (C=O) groups excluding carboxylic acids is 3. The number of piperazine rings is 1. The monoisotopic (exact) mass is 485 g/mol. The van der Waals surface area contributed by atoms with Crippen molar-refractivity contribution in [1.29, 1.82) is 0 Å². The third-order valence-corrected chi connectivity index (χ3v) is 6.48. The van der Waals surface area contributed by atoms with Crippen LogP contribution in [-0.2, 0) is 21.7 Å². The predicted octanol–water partition coefficient (Wildman–Crippen LogP) is 2.36. The first-order valence-electron chi connectivity index (χ1n) is 10.8. The minimum Gasteiger partial charge on any atom is -0.339 e. The fourth-order valence-corrected chi connectivity index (χ4v) is 4.45. The van der Waals surface area contributed by atoms with Crippen LogP contribution < -0.4 is 5.32 Å². The van der Waals surface area contributed by atoms with Crippen molar-refractivity contribution < 1.29 is 19.3 Å². The van der Waals surface area contributed by atoms with Crippen LogP contribution in [0.15, 0.2) is 48.5 Å². The molecule has 2 heterocycles. The van der Waals surface area contributed by atoms with Crippen molar-refractivity contribution in [3.63, 3.8) is 0 Å². The molecular formula is C23H24ClN5O5. The summed E-state index contributed by atoms with van der Waals surface area (Å²) >= 11 is 6.05. The number of nitrogens with zero attached hydrogens (tertiary/aromatic N) is 4. The fourth-order valence-electron chi connectivity index (χ4n) is 4.24. The van der Waals surface area contributed by atoms with Gasteiger partial charge in [0.05, 0.1) is 4.92 Å². The number of urea groups is 1. The van der Waals surface area contributed by atoms with Gasteiger partial charge in [-0.15, -0.1) is 0 Å². The predicted molar refractivity (Wildman–Crippen MR) is 124 cm³/mol. The average molecular weight is 486 g/mol. The van der Waals surface area contributed by atoms with E-state index in [0.29, 0.717) is 36.8 Å². The maximum absolute atomic E-state index is 13.1. The number of imide groups is 1. The third kappa shape index (κ3) is 4.73. The molecule has 0 saturated carbocycles. The molecule has 10 nitrogen and oxygen atoms in total. The molecule has 4 rings (SSSR count). The van der Waals surface area contributed by atoms with Crippen LogP contribution in [0.5, 0.6) is 0 Å². The summed E-state index contributed by atoms with van der Waals surface area (Å²) in [5.41, 5.74) is -0.0221. The molecule has 2 aliphatic heterocycles. The lowest BCUT2D eigenvalue weighted by Gasteiger charge is -2.35. The lowest BCUT2D eigenvalue weighted by Crippen LogP contribution is -2.51. The zero-order valence-electron chi connectivity index (χ0n) is 18.6. The molecule has 4 amide bonds. The Balaban J connectivity index is 1.35. The highest BCUT2D eigenvalue weighted by Gasteiger charge is 2.49. The molecule has 2 aliphatic rings. The van der Waals surface area contributed by atoms with Crippen LogP contribution in [0.2, 0.25) is 5.02 Å². The van der Waals surface area contributed by atoms with Crippen molar-refractivity contribution in [2.24, 2.45) is 0 Å². The SMILES string of the molecule is CC1(c2ccc([N+](=O)[O-])cc2)NC(=O)N(CC(=O)N2CCN(Cc3cccc(Cl)c3)CC2)C1=O. The second kappa shape index (κ2) is 9.40. The van der Waals surface area contributed by atoms with Crippen molar-refractivity contribution in [1.82, 2.24) is 20.0 Å². The summed E-state index contributed by atoms with van der Waals surface area (Å²) in [5.74, 6) is -0.877. The Morgan fingerprint density at radius 1 is 1.12 bits per heavy atom. The molecule has 178 valence electrons. The minimum atomic E-state index is -1.40. The Kier molecular flexibility index (Phi) is 6.54. The molecule has 1 N–H and O–H groups in total. The Labute approximate surface area is 201 Å². The van der Waals surface area contributed by atoms with Crippen LogP contribution in [-0.4, -0.2) is 70.2 Å². The van der Waals surface area contributed by atoms with E-state index in [2.05, 4.69) is 10.2 Å². The summed E-state index contributed by atoms with van der Waals surface area (Å²) in [6.07, 6.45) is 0. The molecule has 1 unspecified atom stereocenters. The lowest BCUT2D eigenvalue weighted by molar-refractivity contribution is -0.384. The number of carbonyl (C=O) groups is 3. The second-order valence-corrected chi connectivity index (χ2v) is 8.97. The van der Waals surface area contributed by atoms with Gasteiger partial charge < -0.3 is 10.2 Å². The van der Waals surface area contributed by atoms with Gasteiger partial charge in [0.25, 0.3) is 11.6 Å². The topological polar surface area (TPSA) is 116 Å². The Hall–Kier alpha value is -3.50. The first-order chi connectivity index (χ1) is 16.2. The summed E-state index contributed by atoms with van der Waals surface area (Å²) in [5, 5.41) is 14.2. The van der Waals surface area contributed by atoms with Gasteiger partial charge in [-0.25, -0.2) is 4.79 Å². The quantitative estimate of drug-likeness (QED) is 0.381. The van der Waals surface area contributed by atoms with Gasteiger partial charge in [-0.2, -0.15) is 0 Å². The van der Waals surface area contributed by atoms with Crippen LogP contribution in [0.4, 0.5) is 10.5 Å². The molecule has 2 saturated heterocycles. The minimum absolute atomic E-state index is 0.120. The van der Waals surface area contributed by atoms with Gasteiger partial charge in [0, 0.05) is 49.9 Å². The van der Waals surface area contributed by atoms with Gasteiger partial charge in [-0.05, 0) is 42.3 Å². The van der Waals surface area contributed by atoms with Gasteiger partial charge in [0.1, 0.15) is 12.1 Å². The van der Waals surface area contributed by atoms with Crippen molar-refractivity contribution in [3.8, 4) is 0 Å². The first-order valence-corrected chi connectivity index (χ1v) is 11.2. The molecular weight excluding hydrogens is 462 g/mol. The third-order valence-electron chi connectivity index (χ3n) is 6.24. The van der Waals surface area contributed by atoms with Crippen LogP contribution in [0.3, 0.4) is 0 Å². The molecule has 2 aromatic rings. The van der Waals surface area contributed by atoms with Gasteiger partial charge in [0.2, 0.25) is 5.91 Å². The van der Waals surface area contributed by atoms with Crippen LogP contribution in [0, 0.1) is 10.1 Å². The number of hydrogen-bond donors (Lipinski definition) is 1.